The van der Waals surface area contributed by atoms with Gasteiger partial charge in [-0.2, -0.15) is 5.10 Å². The van der Waals surface area contributed by atoms with Crippen molar-refractivity contribution >= 4 is 30.1 Å². The Morgan fingerprint density at radius 1 is 0.840 bits per heavy atom. The quantitative estimate of drug-likeness (QED) is 0.0608. The van der Waals surface area contributed by atoms with E-state index in [4.69, 9.17) is 14.2 Å². The molecule has 0 bridgehead atoms. The van der Waals surface area contributed by atoms with Gasteiger partial charge < -0.3 is 19.5 Å². The van der Waals surface area contributed by atoms with Gasteiger partial charge >= 0.3 is 5.97 Å². The number of amides is 2. The summed E-state index contributed by atoms with van der Waals surface area (Å²) in [4.78, 5) is 38.4. The minimum Gasteiger partial charge on any atom is -0.497 e. The van der Waals surface area contributed by atoms with Crippen LogP contribution in [0.1, 0.15) is 89.4 Å². The average Bonchev–Trinajstić information content (AvgIpc) is 4.00. The zero-order chi connectivity index (χ0) is 35.9. The van der Waals surface area contributed by atoms with Gasteiger partial charge in [0.25, 0.3) is 11.8 Å². The second-order valence-electron chi connectivity index (χ2n) is 11.9. The molecule has 0 unspecified atom stereocenters. The fourth-order valence-corrected chi connectivity index (χ4v) is 4.83. The van der Waals surface area contributed by atoms with Crippen LogP contribution in [0.5, 0.6) is 11.5 Å². The Balaban J connectivity index is 0.00000276. The average molecular weight is 676 g/mol. The van der Waals surface area contributed by atoms with Crippen molar-refractivity contribution in [3.8, 4) is 11.5 Å². The summed E-state index contributed by atoms with van der Waals surface area (Å²) in [6, 6.07) is 28.7. The Hall–Kier alpha value is -5.70. The van der Waals surface area contributed by atoms with Crippen LogP contribution in [0, 0.1) is 5.92 Å². The van der Waals surface area contributed by atoms with Crippen molar-refractivity contribution in [3.63, 3.8) is 0 Å². The number of hydrogen-bond donors (Lipinski definition) is 2. The third-order valence-corrected chi connectivity index (χ3v) is 7.55. The molecule has 0 heterocycles. The van der Waals surface area contributed by atoms with Gasteiger partial charge in [0, 0.05) is 5.56 Å². The first-order valence-corrected chi connectivity index (χ1v) is 16.9. The van der Waals surface area contributed by atoms with E-state index in [2.05, 4.69) is 21.9 Å². The van der Waals surface area contributed by atoms with Gasteiger partial charge in [0.05, 0.1) is 25.5 Å². The topological polar surface area (TPSA) is 115 Å². The standard InChI is InChI=1S/C39H39N3O6.C2H6/c1-26(2)24-48-39(45)31-14-18-34(19-15-31)47-25-32-21-28(11-20-35(32)29-12-13-29)23-40-42-38(44)36(22-27-9-16-33(46-3)17-10-27)41-37(43)30-7-5-4-6-8-30;1-2/h4-11,14-23,26,29H,12-13,24-25H2,1-3H3,(H,41,43)(H,42,44);1-2H3/b36-22-,40-23+;. The maximum Gasteiger partial charge on any atom is 0.338 e. The normalized spacial score (nSPS) is 12.5. The molecule has 0 aromatic heterocycles. The van der Waals surface area contributed by atoms with Gasteiger partial charge in [-0.1, -0.05) is 70.2 Å². The Morgan fingerprint density at radius 2 is 1.50 bits per heavy atom. The Labute approximate surface area is 294 Å². The maximum atomic E-state index is 13.3. The van der Waals surface area contributed by atoms with Crippen LogP contribution in [-0.4, -0.2) is 37.7 Å². The molecule has 0 atom stereocenters. The summed E-state index contributed by atoms with van der Waals surface area (Å²) >= 11 is 0. The molecule has 1 fully saturated rings. The second-order valence-corrected chi connectivity index (χ2v) is 11.9. The van der Waals surface area contributed by atoms with E-state index in [0.717, 1.165) is 24.0 Å². The number of esters is 1. The lowest BCUT2D eigenvalue weighted by atomic mass is 10.0. The van der Waals surface area contributed by atoms with Crippen LogP contribution in [0.2, 0.25) is 0 Å². The highest BCUT2D eigenvalue weighted by Gasteiger charge is 2.26. The summed E-state index contributed by atoms with van der Waals surface area (Å²) in [5.74, 6) is 0.708. The van der Waals surface area contributed by atoms with Gasteiger partial charge in [-0.3, -0.25) is 9.59 Å². The van der Waals surface area contributed by atoms with Gasteiger partial charge in [-0.15, -0.1) is 0 Å². The molecule has 0 spiro atoms. The van der Waals surface area contributed by atoms with Crippen LogP contribution in [0.3, 0.4) is 0 Å². The Bertz CT molecular complexity index is 1780. The zero-order valence-electron chi connectivity index (χ0n) is 29.3. The molecule has 5 rings (SSSR count). The first-order chi connectivity index (χ1) is 24.3. The van der Waals surface area contributed by atoms with Gasteiger partial charge in [0.1, 0.15) is 23.8 Å². The molecule has 0 aliphatic heterocycles. The van der Waals surface area contributed by atoms with Gasteiger partial charge in [-0.05, 0) is 108 Å². The van der Waals surface area contributed by atoms with Crippen molar-refractivity contribution in [2.24, 2.45) is 11.0 Å². The summed E-state index contributed by atoms with van der Waals surface area (Å²) in [6.45, 7) is 8.68. The van der Waals surface area contributed by atoms with Crippen LogP contribution >= 0.6 is 0 Å². The van der Waals surface area contributed by atoms with E-state index in [9.17, 15) is 14.4 Å². The summed E-state index contributed by atoms with van der Waals surface area (Å²) in [5.41, 5.74) is 7.17. The molecule has 9 heteroatoms. The van der Waals surface area contributed by atoms with E-state index in [0.29, 0.717) is 47.3 Å². The van der Waals surface area contributed by atoms with Crippen molar-refractivity contribution in [1.29, 1.82) is 0 Å². The molecule has 2 amide bonds. The van der Waals surface area contributed by atoms with E-state index in [1.54, 1.807) is 92.2 Å². The maximum absolute atomic E-state index is 13.3. The predicted octanol–water partition coefficient (Wildman–Crippen LogP) is 7.91. The lowest BCUT2D eigenvalue weighted by molar-refractivity contribution is -0.117. The minimum absolute atomic E-state index is 0.0311. The largest absolute Gasteiger partial charge is 0.497 e. The van der Waals surface area contributed by atoms with Crippen molar-refractivity contribution in [2.45, 2.75) is 53.1 Å². The molecule has 50 heavy (non-hydrogen) atoms. The SMILES string of the molecule is CC.COc1ccc(/C=C(\NC(=O)c2ccccc2)C(=O)N/N=C/c2ccc(C3CC3)c(COc3ccc(C(=O)OCC(C)C)cc3)c2)cc1. The number of carbonyl (C=O) groups excluding carboxylic acids is 3. The van der Waals surface area contributed by atoms with Gasteiger partial charge in [0.15, 0.2) is 0 Å². The summed E-state index contributed by atoms with van der Waals surface area (Å²) < 4.78 is 16.6. The monoisotopic (exact) mass is 675 g/mol. The van der Waals surface area contributed by atoms with E-state index in [1.807, 2.05) is 45.9 Å². The number of hydrazone groups is 1. The predicted molar refractivity (Wildman–Crippen MR) is 196 cm³/mol. The number of hydrogen-bond acceptors (Lipinski definition) is 7. The molecular weight excluding hydrogens is 630 g/mol. The number of carbonyl (C=O) groups is 3. The number of rotatable bonds is 14. The highest BCUT2D eigenvalue weighted by molar-refractivity contribution is 6.05. The Morgan fingerprint density at radius 3 is 2.14 bits per heavy atom. The second kappa shape index (κ2) is 18.7. The molecule has 260 valence electrons. The van der Waals surface area contributed by atoms with Crippen molar-refractivity contribution in [2.75, 3.05) is 13.7 Å². The van der Waals surface area contributed by atoms with Crippen molar-refractivity contribution in [3.05, 3.63) is 136 Å². The lowest BCUT2D eigenvalue weighted by Gasteiger charge is -2.12. The third-order valence-electron chi connectivity index (χ3n) is 7.55. The van der Waals surface area contributed by atoms with E-state index in [-0.39, 0.29) is 17.6 Å². The molecule has 1 aliphatic carbocycles. The number of nitrogens with one attached hydrogen (secondary N) is 2. The van der Waals surface area contributed by atoms with E-state index < -0.39 is 11.8 Å². The number of methoxy groups -OCH3 is 1. The smallest absolute Gasteiger partial charge is 0.338 e. The first-order valence-electron chi connectivity index (χ1n) is 16.9. The zero-order valence-corrected chi connectivity index (χ0v) is 29.3. The van der Waals surface area contributed by atoms with Gasteiger partial charge in [-0.25, -0.2) is 10.2 Å². The van der Waals surface area contributed by atoms with Crippen LogP contribution in [-0.2, 0) is 16.1 Å². The third kappa shape index (κ3) is 11.2. The summed E-state index contributed by atoms with van der Waals surface area (Å²) in [5, 5.41) is 6.90. The summed E-state index contributed by atoms with van der Waals surface area (Å²) in [6.07, 6.45) is 5.38. The molecular formula is C41H45N3O6. The highest BCUT2D eigenvalue weighted by atomic mass is 16.5. The molecule has 0 radical (unpaired) electrons. The Kier molecular flexibility index (Phi) is 13.9. The molecule has 1 aliphatic rings. The first kappa shape index (κ1) is 37.1. The van der Waals surface area contributed by atoms with Crippen molar-refractivity contribution in [1.82, 2.24) is 10.7 Å². The molecule has 9 nitrogen and oxygen atoms in total. The minimum atomic E-state index is -0.582. The number of ether oxygens (including phenoxy) is 3. The van der Waals surface area contributed by atoms with E-state index in [1.165, 1.54) is 5.56 Å². The fourth-order valence-electron chi connectivity index (χ4n) is 4.83. The van der Waals surface area contributed by atoms with Gasteiger partial charge in [0.2, 0.25) is 0 Å². The van der Waals surface area contributed by atoms with Crippen LogP contribution < -0.4 is 20.2 Å². The molecule has 4 aromatic rings. The highest BCUT2D eigenvalue weighted by Crippen LogP contribution is 2.42. The number of nitrogens with zero attached hydrogens (tertiary/aromatic N) is 1. The van der Waals surface area contributed by atoms with E-state index >= 15 is 0 Å². The van der Waals surface area contributed by atoms with Crippen molar-refractivity contribution < 1.29 is 28.6 Å². The summed E-state index contributed by atoms with van der Waals surface area (Å²) in [7, 11) is 1.57. The lowest BCUT2D eigenvalue weighted by Crippen LogP contribution is -2.32. The molecule has 2 N–H and O–H groups in total. The molecule has 4 aromatic carbocycles. The van der Waals surface area contributed by atoms with Crippen LogP contribution in [0.15, 0.2) is 108 Å². The van der Waals surface area contributed by atoms with Crippen LogP contribution in [0.25, 0.3) is 6.08 Å². The molecule has 0 saturated heterocycles. The molecule has 1 saturated carbocycles. The van der Waals surface area contributed by atoms with Crippen LogP contribution in [0.4, 0.5) is 0 Å². The fraction of sp³-hybridized carbons (Fsp3) is 0.268. The number of benzene rings is 4.